The summed E-state index contributed by atoms with van der Waals surface area (Å²) in [7, 11) is 0. The number of carbonyl (C=O) groups is 2. The van der Waals surface area contributed by atoms with Crippen LogP contribution in [0.4, 0.5) is 0 Å². The largest absolute Gasteiger partial charge is 0.480 e. The van der Waals surface area contributed by atoms with Crippen molar-refractivity contribution in [2.75, 3.05) is 5.75 Å². The molecule has 4 nitrogen and oxygen atoms in total. The van der Waals surface area contributed by atoms with E-state index in [0.29, 0.717) is 21.4 Å². The predicted molar refractivity (Wildman–Crippen MR) is 95.7 cm³/mol. The molecule has 1 saturated heterocycles. The maximum Gasteiger partial charge on any atom is 0.327 e. The van der Waals surface area contributed by atoms with E-state index in [0.717, 1.165) is 5.56 Å². The first-order valence-corrected chi connectivity index (χ1v) is 8.96. The molecule has 0 aliphatic carbocycles. The van der Waals surface area contributed by atoms with Gasteiger partial charge in [0.05, 0.1) is 0 Å². The van der Waals surface area contributed by atoms with Crippen LogP contribution in [0.25, 0.3) is 0 Å². The van der Waals surface area contributed by atoms with Gasteiger partial charge in [-0.05, 0) is 24.3 Å². The van der Waals surface area contributed by atoms with Crippen LogP contribution in [0.3, 0.4) is 0 Å². The quantitative estimate of drug-likeness (QED) is 0.858. The van der Waals surface area contributed by atoms with E-state index in [1.807, 2.05) is 12.1 Å². The van der Waals surface area contributed by atoms with Gasteiger partial charge in [-0.15, -0.1) is 11.8 Å². The zero-order chi connectivity index (χ0) is 17.3. The van der Waals surface area contributed by atoms with Gasteiger partial charge in [0.1, 0.15) is 11.4 Å². The van der Waals surface area contributed by atoms with Gasteiger partial charge in [-0.2, -0.15) is 0 Å². The first kappa shape index (κ1) is 17.1. The molecule has 0 unspecified atom stereocenters. The number of halogens is 2. The fourth-order valence-corrected chi connectivity index (χ4v) is 4.58. The highest BCUT2D eigenvalue weighted by molar-refractivity contribution is 7.99. The van der Waals surface area contributed by atoms with Crippen LogP contribution in [0.15, 0.2) is 48.5 Å². The number of hydrogen-bond donors (Lipinski definition) is 1. The van der Waals surface area contributed by atoms with Crippen LogP contribution in [-0.2, 0) is 4.79 Å². The SMILES string of the molecule is O=C(O)[C@H]1CS[C@H](c2ccccc2Cl)N1C(=O)c1cccc(Cl)c1. The molecule has 7 heteroatoms. The van der Waals surface area contributed by atoms with Crippen LogP contribution in [-0.4, -0.2) is 33.7 Å². The molecule has 2 aromatic rings. The van der Waals surface area contributed by atoms with E-state index in [2.05, 4.69) is 0 Å². The van der Waals surface area contributed by atoms with Crippen molar-refractivity contribution < 1.29 is 14.7 Å². The lowest BCUT2D eigenvalue weighted by Gasteiger charge is -2.28. The van der Waals surface area contributed by atoms with E-state index in [1.54, 1.807) is 30.3 Å². The molecule has 124 valence electrons. The predicted octanol–water partition coefficient (Wildman–Crippen LogP) is 4.33. The van der Waals surface area contributed by atoms with E-state index >= 15 is 0 Å². The number of nitrogens with zero attached hydrogens (tertiary/aromatic N) is 1. The summed E-state index contributed by atoms with van der Waals surface area (Å²) in [6, 6.07) is 12.7. The average molecular weight is 382 g/mol. The summed E-state index contributed by atoms with van der Waals surface area (Å²) < 4.78 is 0. The van der Waals surface area contributed by atoms with Gasteiger partial charge in [0.15, 0.2) is 0 Å². The number of aliphatic carboxylic acids is 1. The molecular formula is C17H13Cl2NO3S. The number of carboxylic acids is 1. The lowest BCUT2D eigenvalue weighted by atomic mass is 10.1. The first-order valence-electron chi connectivity index (χ1n) is 7.16. The molecule has 0 bridgehead atoms. The van der Waals surface area contributed by atoms with Crippen LogP contribution in [0, 0.1) is 0 Å². The van der Waals surface area contributed by atoms with Crippen LogP contribution in [0.1, 0.15) is 21.3 Å². The lowest BCUT2D eigenvalue weighted by Crippen LogP contribution is -2.43. The van der Waals surface area contributed by atoms with Gasteiger partial charge in [0.25, 0.3) is 5.91 Å². The molecular weight excluding hydrogens is 369 g/mol. The second kappa shape index (κ2) is 7.05. The number of carbonyl (C=O) groups excluding carboxylic acids is 1. The number of rotatable bonds is 3. The van der Waals surface area contributed by atoms with E-state index in [9.17, 15) is 14.7 Å². The van der Waals surface area contributed by atoms with Crippen molar-refractivity contribution in [3.63, 3.8) is 0 Å². The average Bonchev–Trinajstić information content (AvgIpc) is 2.99. The molecule has 24 heavy (non-hydrogen) atoms. The maximum absolute atomic E-state index is 13.0. The van der Waals surface area contributed by atoms with Crippen LogP contribution >= 0.6 is 35.0 Å². The van der Waals surface area contributed by atoms with Crippen molar-refractivity contribution in [3.8, 4) is 0 Å². The zero-order valence-corrected chi connectivity index (χ0v) is 14.7. The Balaban J connectivity index is 2.02. The fraction of sp³-hybridized carbons (Fsp3) is 0.176. The fourth-order valence-electron chi connectivity index (χ4n) is 2.63. The maximum atomic E-state index is 13.0. The summed E-state index contributed by atoms with van der Waals surface area (Å²) >= 11 is 13.6. The zero-order valence-electron chi connectivity index (χ0n) is 12.4. The molecule has 0 aromatic heterocycles. The summed E-state index contributed by atoms with van der Waals surface area (Å²) in [5, 5.41) is 9.98. The minimum atomic E-state index is -1.03. The van der Waals surface area contributed by atoms with Crippen molar-refractivity contribution in [1.29, 1.82) is 0 Å². The Hall–Kier alpha value is -1.69. The van der Waals surface area contributed by atoms with Crippen molar-refractivity contribution in [2.45, 2.75) is 11.4 Å². The van der Waals surface area contributed by atoms with Crippen molar-refractivity contribution in [3.05, 3.63) is 69.7 Å². The van der Waals surface area contributed by atoms with Crippen molar-refractivity contribution in [2.24, 2.45) is 0 Å². The number of carboxylic acid groups (broad SMARTS) is 1. The second-order valence-corrected chi connectivity index (χ2v) is 7.24. The summed E-state index contributed by atoms with van der Waals surface area (Å²) in [5.41, 5.74) is 1.08. The van der Waals surface area contributed by atoms with Gasteiger partial charge in [0, 0.05) is 26.9 Å². The molecule has 0 radical (unpaired) electrons. The third-order valence-electron chi connectivity index (χ3n) is 3.76. The third-order valence-corrected chi connectivity index (χ3v) is 5.65. The first-order chi connectivity index (χ1) is 11.5. The standard InChI is InChI=1S/C17H13Cl2NO3S/c18-11-5-3-4-10(8-11)15(21)20-14(17(22)23)9-24-16(20)12-6-1-2-7-13(12)19/h1-8,14,16H,9H2,(H,22,23)/t14-,16-/m1/s1. The monoisotopic (exact) mass is 381 g/mol. The highest BCUT2D eigenvalue weighted by Gasteiger charge is 2.43. The Labute approximate surface area is 153 Å². The molecule has 3 rings (SSSR count). The van der Waals surface area contributed by atoms with E-state index in [-0.39, 0.29) is 5.91 Å². The van der Waals surface area contributed by atoms with Gasteiger partial charge in [0.2, 0.25) is 0 Å². The number of amides is 1. The van der Waals surface area contributed by atoms with Gasteiger partial charge in [-0.25, -0.2) is 4.79 Å². The lowest BCUT2D eigenvalue weighted by molar-refractivity contribution is -0.141. The van der Waals surface area contributed by atoms with Gasteiger partial charge in [-0.3, -0.25) is 4.79 Å². The molecule has 1 N–H and O–H groups in total. The van der Waals surface area contributed by atoms with Crippen molar-refractivity contribution >= 4 is 46.8 Å². The van der Waals surface area contributed by atoms with Gasteiger partial charge in [-0.1, -0.05) is 47.5 Å². The number of benzene rings is 2. The molecule has 1 aliphatic rings. The van der Waals surface area contributed by atoms with Crippen LogP contribution in [0.5, 0.6) is 0 Å². The number of hydrogen-bond acceptors (Lipinski definition) is 3. The minimum absolute atomic E-state index is 0.303. The Morgan fingerprint density at radius 2 is 1.88 bits per heavy atom. The molecule has 1 aliphatic heterocycles. The second-order valence-electron chi connectivity index (χ2n) is 5.28. The highest BCUT2D eigenvalue weighted by Crippen LogP contribution is 2.44. The normalized spacial score (nSPS) is 20.2. The Morgan fingerprint density at radius 3 is 2.54 bits per heavy atom. The molecule has 1 amide bonds. The van der Waals surface area contributed by atoms with Gasteiger partial charge < -0.3 is 10.0 Å². The number of thioether (sulfide) groups is 1. The smallest absolute Gasteiger partial charge is 0.327 e. The molecule has 0 saturated carbocycles. The Bertz CT molecular complexity index is 799. The molecule has 1 heterocycles. The Morgan fingerprint density at radius 1 is 1.12 bits per heavy atom. The molecule has 0 spiro atoms. The summed E-state index contributed by atoms with van der Waals surface area (Å²) in [4.78, 5) is 25.9. The third kappa shape index (κ3) is 3.24. The van der Waals surface area contributed by atoms with Crippen LogP contribution < -0.4 is 0 Å². The van der Waals surface area contributed by atoms with E-state index < -0.39 is 17.4 Å². The molecule has 1 fully saturated rings. The molecule has 2 aromatic carbocycles. The topological polar surface area (TPSA) is 57.6 Å². The molecule has 2 atom stereocenters. The van der Waals surface area contributed by atoms with E-state index in [4.69, 9.17) is 23.2 Å². The Kier molecular flexibility index (Phi) is 5.04. The highest BCUT2D eigenvalue weighted by atomic mass is 35.5. The summed E-state index contributed by atoms with van der Waals surface area (Å²) in [6.45, 7) is 0. The van der Waals surface area contributed by atoms with Crippen molar-refractivity contribution in [1.82, 2.24) is 4.90 Å². The summed E-state index contributed by atoms with van der Waals surface area (Å²) in [5.74, 6) is -1.11. The van der Waals surface area contributed by atoms with Crippen LogP contribution in [0.2, 0.25) is 10.0 Å². The van der Waals surface area contributed by atoms with E-state index in [1.165, 1.54) is 22.7 Å². The summed E-state index contributed by atoms with van der Waals surface area (Å²) in [6.07, 6.45) is 0. The van der Waals surface area contributed by atoms with Gasteiger partial charge >= 0.3 is 5.97 Å². The minimum Gasteiger partial charge on any atom is -0.480 e.